The fourth-order valence-corrected chi connectivity index (χ4v) is 1.80. The summed E-state index contributed by atoms with van der Waals surface area (Å²) in [5, 5.41) is 0. The monoisotopic (exact) mass is 243 g/mol. The lowest BCUT2D eigenvalue weighted by Crippen LogP contribution is -1.92. The molecule has 4 nitrogen and oxygen atoms in total. The molecule has 2 aromatic heterocycles. The predicted molar refractivity (Wildman–Crippen MR) is 67.7 cm³/mol. The van der Waals surface area contributed by atoms with Crippen molar-refractivity contribution >= 4 is 23.7 Å². The lowest BCUT2D eigenvalue weighted by atomic mass is 10.1. The molecule has 0 aliphatic carbocycles. The highest BCUT2D eigenvalue weighted by Gasteiger charge is 2.04. The second-order valence-corrected chi connectivity index (χ2v) is 3.87. The molecular formula is C12H9N3OS. The maximum absolute atomic E-state index is 5.27. The van der Waals surface area contributed by atoms with Crippen LogP contribution in [0.2, 0.25) is 0 Å². The Bertz CT molecular complexity index is 665. The molecular weight excluding hydrogens is 234 g/mol. The Morgan fingerprint density at radius 3 is 3.00 bits per heavy atom. The van der Waals surface area contributed by atoms with E-state index in [0.717, 1.165) is 22.4 Å². The van der Waals surface area contributed by atoms with Crippen LogP contribution in [0.5, 0.6) is 0 Å². The zero-order valence-electron chi connectivity index (χ0n) is 8.87. The normalized spacial score (nSPS) is 10.9. The highest BCUT2D eigenvalue weighted by Crippen LogP contribution is 2.22. The largest absolute Gasteiger partial charge is 0.443 e. The maximum Gasteiger partial charge on any atom is 0.181 e. The molecule has 0 spiro atoms. The molecule has 0 aliphatic rings. The summed E-state index contributed by atoms with van der Waals surface area (Å²) in [6.07, 6.45) is 3.17. The number of nitrogens with zero attached hydrogens (tertiary/aromatic N) is 3. The summed E-state index contributed by atoms with van der Waals surface area (Å²) in [4.78, 5) is 12.6. The minimum absolute atomic E-state index is 0.526. The van der Waals surface area contributed by atoms with Gasteiger partial charge in [0.05, 0.1) is 11.4 Å². The van der Waals surface area contributed by atoms with Crippen LogP contribution in [0.1, 0.15) is 5.82 Å². The van der Waals surface area contributed by atoms with Gasteiger partial charge < -0.3 is 4.42 Å². The van der Waals surface area contributed by atoms with Crippen LogP contribution in [0.25, 0.3) is 22.4 Å². The molecule has 84 valence electrons. The standard InChI is InChI=1S/C12H9N3OS/c17-6-12-13-4-3-9(15-12)8-1-2-10-11(5-8)16-7-14-10/h1-5,7,17H,6H2. The van der Waals surface area contributed by atoms with E-state index < -0.39 is 0 Å². The Kier molecular flexibility index (Phi) is 2.53. The van der Waals surface area contributed by atoms with Crippen molar-refractivity contribution in [2.75, 3.05) is 0 Å². The molecule has 0 N–H and O–H groups in total. The lowest BCUT2D eigenvalue weighted by Gasteiger charge is -2.01. The van der Waals surface area contributed by atoms with E-state index in [-0.39, 0.29) is 0 Å². The second-order valence-electron chi connectivity index (χ2n) is 3.55. The minimum atomic E-state index is 0.526. The topological polar surface area (TPSA) is 51.8 Å². The van der Waals surface area contributed by atoms with Gasteiger partial charge in [0.1, 0.15) is 11.3 Å². The SMILES string of the molecule is SCc1nccc(-c2ccc3ncoc3c2)n1. The third-order valence-electron chi connectivity index (χ3n) is 2.47. The van der Waals surface area contributed by atoms with Crippen molar-refractivity contribution < 1.29 is 4.42 Å². The summed E-state index contributed by atoms with van der Waals surface area (Å²) >= 11 is 4.17. The Labute approximate surface area is 103 Å². The number of thiol groups is 1. The van der Waals surface area contributed by atoms with Crippen LogP contribution in [0.4, 0.5) is 0 Å². The van der Waals surface area contributed by atoms with Crippen molar-refractivity contribution in [3.63, 3.8) is 0 Å². The van der Waals surface area contributed by atoms with E-state index in [1.54, 1.807) is 6.20 Å². The quantitative estimate of drug-likeness (QED) is 0.703. The van der Waals surface area contributed by atoms with Crippen molar-refractivity contribution in [2.45, 2.75) is 5.75 Å². The molecule has 0 fully saturated rings. The fourth-order valence-electron chi connectivity index (χ4n) is 1.65. The number of benzene rings is 1. The van der Waals surface area contributed by atoms with Crippen molar-refractivity contribution in [3.8, 4) is 11.3 Å². The zero-order valence-corrected chi connectivity index (χ0v) is 9.76. The molecule has 0 saturated heterocycles. The number of aromatic nitrogens is 3. The smallest absolute Gasteiger partial charge is 0.181 e. The molecule has 1 aromatic carbocycles. The molecule has 0 bridgehead atoms. The van der Waals surface area contributed by atoms with Crippen molar-refractivity contribution in [2.24, 2.45) is 0 Å². The summed E-state index contributed by atoms with van der Waals surface area (Å²) in [7, 11) is 0. The highest BCUT2D eigenvalue weighted by atomic mass is 32.1. The highest BCUT2D eigenvalue weighted by molar-refractivity contribution is 7.79. The molecule has 0 amide bonds. The van der Waals surface area contributed by atoms with Crippen LogP contribution in [0, 0.1) is 0 Å². The van der Waals surface area contributed by atoms with Crippen LogP contribution >= 0.6 is 12.6 Å². The second kappa shape index (κ2) is 4.18. The van der Waals surface area contributed by atoms with Gasteiger partial charge in [-0.25, -0.2) is 15.0 Å². The van der Waals surface area contributed by atoms with E-state index in [0.29, 0.717) is 11.6 Å². The number of hydrogen-bond donors (Lipinski definition) is 1. The van der Waals surface area contributed by atoms with Gasteiger partial charge in [-0.05, 0) is 18.2 Å². The first-order chi connectivity index (χ1) is 8.36. The Morgan fingerprint density at radius 2 is 2.12 bits per heavy atom. The Balaban J connectivity index is 2.12. The molecule has 17 heavy (non-hydrogen) atoms. The molecule has 3 rings (SSSR count). The summed E-state index contributed by atoms with van der Waals surface area (Å²) in [5.41, 5.74) is 3.45. The fraction of sp³-hybridized carbons (Fsp3) is 0.0833. The zero-order chi connectivity index (χ0) is 11.7. The van der Waals surface area contributed by atoms with Gasteiger partial charge in [-0.15, -0.1) is 0 Å². The van der Waals surface area contributed by atoms with Crippen LogP contribution in [0.15, 0.2) is 41.3 Å². The van der Waals surface area contributed by atoms with Crippen LogP contribution in [0.3, 0.4) is 0 Å². The third kappa shape index (κ3) is 1.89. The van der Waals surface area contributed by atoms with Gasteiger partial charge in [-0.2, -0.15) is 12.6 Å². The molecule has 0 saturated carbocycles. The van der Waals surface area contributed by atoms with Crippen LogP contribution in [-0.4, -0.2) is 15.0 Å². The molecule has 0 radical (unpaired) electrons. The van der Waals surface area contributed by atoms with E-state index in [4.69, 9.17) is 4.42 Å². The van der Waals surface area contributed by atoms with E-state index in [1.807, 2.05) is 24.3 Å². The summed E-state index contributed by atoms with van der Waals surface area (Å²) in [6, 6.07) is 7.67. The van der Waals surface area contributed by atoms with Crippen LogP contribution < -0.4 is 0 Å². The maximum atomic E-state index is 5.27. The average molecular weight is 243 g/mol. The third-order valence-corrected chi connectivity index (χ3v) is 2.76. The molecule has 3 aromatic rings. The van der Waals surface area contributed by atoms with E-state index >= 15 is 0 Å². The molecule has 0 aliphatic heterocycles. The van der Waals surface area contributed by atoms with Gasteiger partial charge in [0, 0.05) is 11.8 Å². The first kappa shape index (κ1) is 10.3. The van der Waals surface area contributed by atoms with E-state index in [1.165, 1.54) is 6.39 Å². The summed E-state index contributed by atoms with van der Waals surface area (Å²) < 4.78 is 5.27. The summed E-state index contributed by atoms with van der Waals surface area (Å²) in [5.74, 6) is 1.24. The number of rotatable bonds is 2. The van der Waals surface area contributed by atoms with Crippen molar-refractivity contribution in [1.82, 2.24) is 15.0 Å². The predicted octanol–water partition coefficient (Wildman–Crippen LogP) is 2.71. The Morgan fingerprint density at radius 1 is 1.18 bits per heavy atom. The van der Waals surface area contributed by atoms with Gasteiger partial charge in [0.15, 0.2) is 12.0 Å². The summed E-state index contributed by atoms with van der Waals surface area (Å²) in [6.45, 7) is 0. The number of oxazole rings is 1. The molecule has 2 heterocycles. The first-order valence-electron chi connectivity index (χ1n) is 5.13. The molecule has 0 unspecified atom stereocenters. The minimum Gasteiger partial charge on any atom is -0.443 e. The van der Waals surface area contributed by atoms with Crippen molar-refractivity contribution in [1.29, 1.82) is 0 Å². The number of fused-ring (bicyclic) bond motifs is 1. The average Bonchev–Trinajstić information content (AvgIpc) is 2.86. The van der Waals surface area contributed by atoms with Gasteiger partial charge in [-0.3, -0.25) is 0 Å². The lowest BCUT2D eigenvalue weighted by molar-refractivity contribution is 0.602. The van der Waals surface area contributed by atoms with E-state index in [2.05, 4.69) is 27.6 Å². The number of hydrogen-bond acceptors (Lipinski definition) is 5. The Hall–Kier alpha value is -1.88. The van der Waals surface area contributed by atoms with Crippen molar-refractivity contribution in [3.05, 3.63) is 42.7 Å². The van der Waals surface area contributed by atoms with Gasteiger partial charge in [0.25, 0.3) is 0 Å². The van der Waals surface area contributed by atoms with Gasteiger partial charge in [0.2, 0.25) is 0 Å². The molecule has 0 atom stereocenters. The van der Waals surface area contributed by atoms with Crippen LogP contribution in [-0.2, 0) is 5.75 Å². The van der Waals surface area contributed by atoms with Gasteiger partial charge >= 0.3 is 0 Å². The first-order valence-corrected chi connectivity index (χ1v) is 5.76. The van der Waals surface area contributed by atoms with E-state index in [9.17, 15) is 0 Å². The van der Waals surface area contributed by atoms with Gasteiger partial charge in [-0.1, -0.05) is 6.07 Å². The molecule has 5 heteroatoms.